The summed E-state index contributed by atoms with van der Waals surface area (Å²) in [5.41, 5.74) is 1.93. The molecule has 1 N–H and O–H groups in total. The molecule has 0 spiro atoms. The van der Waals surface area contributed by atoms with Gasteiger partial charge in [0.1, 0.15) is 0 Å². The van der Waals surface area contributed by atoms with Crippen molar-refractivity contribution in [2.24, 2.45) is 13.0 Å². The fraction of sp³-hybridized carbons (Fsp3) is 0.333. The number of fused-ring (bicyclic) bond motifs is 1. The number of amides is 1. The zero-order chi connectivity index (χ0) is 23.0. The van der Waals surface area contributed by atoms with Crippen molar-refractivity contribution in [3.05, 3.63) is 61.7 Å². The maximum atomic E-state index is 12.9. The molecule has 1 amide bonds. The molecule has 2 aromatic carbocycles. The van der Waals surface area contributed by atoms with Gasteiger partial charge in [0.25, 0.3) is 0 Å². The number of hydrogen-bond acceptors (Lipinski definition) is 5. The van der Waals surface area contributed by atoms with E-state index in [1.54, 1.807) is 48.0 Å². The molecule has 4 rings (SSSR count). The van der Waals surface area contributed by atoms with E-state index >= 15 is 0 Å². The Morgan fingerprint density at radius 3 is 2.72 bits per heavy atom. The fourth-order valence-corrected chi connectivity index (χ4v) is 6.63. The lowest BCUT2D eigenvalue weighted by molar-refractivity contribution is -0.120. The van der Waals surface area contributed by atoms with Crippen LogP contribution in [0.3, 0.4) is 0 Å². The van der Waals surface area contributed by atoms with Gasteiger partial charge in [-0.1, -0.05) is 40.6 Å². The highest BCUT2D eigenvalue weighted by atomic mass is 35.5. The van der Waals surface area contributed by atoms with Crippen LogP contribution in [0.4, 0.5) is 5.69 Å². The number of hydrogen-bond donors (Lipinski definition) is 1. The Hall–Kier alpha value is -1.91. The van der Waals surface area contributed by atoms with Crippen molar-refractivity contribution in [3.63, 3.8) is 0 Å². The minimum Gasteiger partial charge on any atom is -0.326 e. The molecule has 0 bridgehead atoms. The molecule has 2 heterocycles. The van der Waals surface area contributed by atoms with Crippen LogP contribution in [-0.4, -0.2) is 36.3 Å². The normalized spacial score (nSPS) is 17.5. The van der Waals surface area contributed by atoms with Gasteiger partial charge in [0, 0.05) is 25.8 Å². The Morgan fingerprint density at radius 2 is 1.97 bits per heavy atom. The highest BCUT2D eigenvalue weighted by Gasteiger charge is 2.32. The Morgan fingerprint density at radius 1 is 1.19 bits per heavy atom. The zero-order valence-electron chi connectivity index (χ0n) is 17.2. The maximum Gasteiger partial charge on any atom is 0.307 e. The first kappa shape index (κ1) is 23.3. The summed E-state index contributed by atoms with van der Waals surface area (Å²) >= 11 is 13.0. The highest BCUT2D eigenvalue weighted by Crippen LogP contribution is 2.27. The van der Waals surface area contributed by atoms with Gasteiger partial charge in [-0.05, 0) is 48.7 Å². The summed E-state index contributed by atoms with van der Waals surface area (Å²) < 4.78 is 29.6. The number of nitrogens with zero attached hydrogens (tertiary/aromatic N) is 2. The average molecular weight is 514 g/mol. The number of aromatic nitrogens is 1. The Bertz CT molecular complexity index is 1350. The fourth-order valence-electron chi connectivity index (χ4n) is 3.80. The van der Waals surface area contributed by atoms with Crippen molar-refractivity contribution in [3.8, 4) is 0 Å². The molecule has 0 radical (unpaired) electrons. The maximum absolute atomic E-state index is 12.9. The van der Waals surface area contributed by atoms with Gasteiger partial charge in [-0.3, -0.25) is 9.59 Å². The second-order valence-corrected chi connectivity index (χ2v) is 11.6. The number of rotatable bonds is 5. The molecular formula is C21H21Cl2N3O4S2. The number of carbonyl (C=O) groups excluding carboxylic acids is 1. The summed E-state index contributed by atoms with van der Waals surface area (Å²) in [5, 5.41) is 3.54. The van der Waals surface area contributed by atoms with Crippen LogP contribution in [0.1, 0.15) is 18.4 Å². The van der Waals surface area contributed by atoms with E-state index in [4.69, 9.17) is 23.2 Å². The number of halogens is 2. The largest absolute Gasteiger partial charge is 0.326 e. The predicted molar refractivity (Wildman–Crippen MR) is 129 cm³/mol. The number of anilines is 1. The van der Waals surface area contributed by atoms with Gasteiger partial charge in [-0.2, -0.15) is 0 Å². The van der Waals surface area contributed by atoms with E-state index in [9.17, 15) is 18.0 Å². The summed E-state index contributed by atoms with van der Waals surface area (Å²) in [4.78, 5) is 24.6. The second-order valence-electron chi connectivity index (χ2n) is 7.80. The van der Waals surface area contributed by atoms with Crippen LogP contribution >= 0.6 is 34.5 Å². The standard InChI is InChI=1S/C21H21Cl2N3O4S2/c1-25-18-7-5-15(10-19(18)31-21(25)28)24-20(27)14-3-2-8-26(11-14)32(29,30)12-13-4-6-16(22)17(23)9-13/h4-7,9-10,14H,2-3,8,11-12H2,1H3,(H,24,27). The third-order valence-corrected chi connectivity index (χ3v) is 9.09. The van der Waals surface area contributed by atoms with E-state index in [1.807, 2.05) is 0 Å². The molecule has 1 fully saturated rings. The number of carbonyl (C=O) groups is 1. The van der Waals surface area contributed by atoms with Crippen LogP contribution in [0, 0.1) is 5.92 Å². The molecule has 1 aliphatic rings. The number of benzene rings is 2. The van der Waals surface area contributed by atoms with Gasteiger partial charge in [0.15, 0.2) is 0 Å². The molecule has 7 nitrogen and oxygen atoms in total. The molecule has 170 valence electrons. The van der Waals surface area contributed by atoms with Gasteiger partial charge >= 0.3 is 4.87 Å². The first-order valence-electron chi connectivity index (χ1n) is 9.96. The van der Waals surface area contributed by atoms with E-state index in [0.29, 0.717) is 40.7 Å². The predicted octanol–water partition coefficient (Wildman–Crippen LogP) is 4.09. The van der Waals surface area contributed by atoms with Crippen LogP contribution in [-0.2, 0) is 27.6 Å². The van der Waals surface area contributed by atoms with E-state index in [0.717, 1.165) is 21.6 Å². The van der Waals surface area contributed by atoms with Crippen molar-refractivity contribution in [1.82, 2.24) is 8.87 Å². The molecule has 1 aromatic heterocycles. The second kappa shape index (κ2) is 9.15. The topological polar surface area (TPSA) is 88.5 Å². The molecule has 0 aliphatic carbocycles. The lowest BCUT2D eigenvalue weighted by atomic mass is 9.98. The molecule has 1 aliphatic heterocycles. The summed E-state index contributed by atoms with van der Waals surface area (Å²) in [7, 11) is -1.92. The van der Waals surface area contributed by atoms with Crippen LogP contribution in [0.5, 0.6) is 0 Å². The summed E-state index contributed by atoms with van der Waals surface area (Å²) in [6.45, 7) is 0.494. The van der Waals surface area contributed by atoms with Gasteiger partial charge in [0.2, 0.25) is 15.9 Å². The van der Waals surface area contributed by atoms with Gasteiger partial charge in [-0.25, -0.2) is 12.7 Å². The number of thiazole rings is 1. The smallest absolute Gasteiger partial charge is 0.307 e. The Labute approximate surface area is 199 Å². The third-order valence-electron chi connectivity index (χ3n) is 5.54. The van der Waals surface area contributed by atoms with E-state index < -0.39 is 15.9 Å². The van der Waals surface area contributed by atoms with Crippen LogP contribution < -0.4 is 10.2 Å². The average Bonchev–Trinajstić information content (AvgIpc) is 3.03. The first-order valence-corrected chi connectivity index (χ1v) is 13.1. The van der Waals surface area contributed by atoms with Crippen molar-refractivity contribution in [2.45, 2.75) is 18.6 Å². The van der Waals surface area contributed by atoms with Crippen LogP contribution in [0.25, 0.3) is 10.2 Å². The lowest BCUT2D eigenvalue weighted by Gasteiger charge is -2.31. The van der Waals surface area contributed by atoms with E-state index in [-0.39, 0.29) is 23.1 Å². The number of sulfonamides is 1. The molecule has 1 atom stereocenters. The molecule has 0 saturated carbocycles. The summed E-state index contributed by atoms with van der Waals surface area (Å²) in [6.07, 6.45) is 1.20. The van der Waals surface area contributed by atoms with Crippen molar-refractivity contribution in [1.29, 1.82) is 0 Å². The molecule has 3 aromatic rings. The monoisotopic (exact) mass is 513 g/mol. The van der Waals surface area contributed by atoms with E-state index in [1.165, 1.54) is 4.31 Å². The van der Waals surface area contributed by atoms with Gasteiger partial charge in [0.05, 0.1) is 31.9 Å². The zero-order valence-corrected chi connectivity index (χ0v) is 20.3. The SMILES string of the molecule is Cn1c(=O)sc2cc(NC(=O)C3CCCN(S(=O)(=O)Cc4ccc(Cl)c(Cl)c4)C3)ccc21. The summed E-state index contributed by atoms with van der Waals surface area (Å²) in [6, 6.07) is 10.0. The molecule has 1 saturated heterocycles. The summed E-state index contributed by atoms with van der Waals surface area (Å²) in [5.74, 6) is -0.901. The minimum atomic E-state index is -3.62. The highest BCUT2D eigenvalue weighted by molar-refractivity contribution is 7.88. The van der Waals surface area contributed by atoms with Crippen LogP contribution in [0.2, 0.25) is 10.0 Å². The number of nitrogens with one attached hydrogen (secondary N) is 1. The van der Waals surface area contributed by atoms with Crippen molar-refractivity contribution >= 4 is 66.4 Å². The number of piperidine rings is 1. The number of aryl methyl sites for hydroxylation is 1. The first-order chi connectivity index (χ1) is 15.1. The Kier molecular flexibility index (Phi) is 6.65. The van der Waals surface area contributed by atoms with E-state index in [2.05, 4.69) is 5.32 Å². The van der Waals surface area contributed by atoms with Gasteiger partial charge in [-0.15, -0.1) is 0 Å². The quantitative estimate of drug-likeness (QED) is 0.556. The lowest BCUT2D eigenvalue weighted by Crippen LogP contribution is -2.44. The van der Waals surface area contributed by atoms with Gasteiger partial charge < -0.3 is 9.88 Å². The Balaban J connectivity index is 1.45. The van der Waals surface area contributed by atoms with Crippen molar-refractivity contribution < 1.29 is 13.2 Å². The minimum absolute atomic E-state index is 0.0708. The molecule has 11 heteroatoms. The van der Waals surface area contributed by atoms with Crippen LogP contribution in [0.15, 0.2) is 41.2 Å². The molecule has 32 heavy (non-hydrogen) atoms. The molecule has 1 unspecified atom stereocenters. The molecular weight excluding hydrogens is 493 g/mol. The third kappa shape index (κ3) is 4.87. The van der Waals surface area contributed by atoms with Crippen molar-refractivity contribution in [2.75, 3.05) is 18.4 Å².